The van der Waals surface area contributed by atoms with Crippen LogP contribution in [0.25, 0.3) is 17.2 Å². The number of unbranched alkanes of at least 4 members (excludes halogenated alkanes) is 2. The van der Waals surface area contributed by atoms with Gasteiger partial charge in [0.15, 0.2) is 5.17 Å². The van der Waals surface area contributed by atoms with Gasteiger partial charge in [0.1, 0.15) is 10.6 Å². The molecule has 1 aliphatic heterocycles. The van der Waals surface area contributed by atoms with E-state index in [1.54, 1.807) is 17.8 Å². The summed E-state index contributed by atoms with van der Waals surface area (Å²) in [6, 6.07) is 20.1. The van der Waals surface area contributed by atoms with E-state index < -0.39 is 22.6 Å². The molecule has 1 saturated heterocycles. The minimum absolute atomic E-state index is 0.00912. The molecule has 7 nitrogen and oxygen atoms in total. The smallest absolute Gasteiger partial charge is 0.321 e. The molecule has 0 aliphatic carbocycles. The number of amidine groups is 1. The first-order chi connectivity index (χ1) is 19.7. The van der Waals surface area contributed by atoms with E-state index in [4.69, 9.17) is 10.2 Å². The van der Waals surface area contributed by atoms with E-state index in [1.165, 1.54) is 17.0 Å². The summed E-state index contributed by atoms with van der Waals surface area (Å²) in [7, 11) is 0. The number of thioether (sulfide) groups is 2. The maximum atomic E-state index is 14.4. The number of nitrogens with zero attached hydrogens (tertiary/aromatic N) is 1. The Kier molecular flexibility index (Phi) is 10.8. The summed E-state index contributed by atoms with van der Waals surface area (Å²) in [4.78, 5) is 38.9. The number of aliphatic carboxylic acids is 2. The molecule has 1 heterocycles. The third-order valence-electron chi connectivity index (χ3n) is 6.06. The van der Waals surface area contributed by atoms with E-state index in [0.717, 1.165) is 53.1 Å². The van der Waals surface area contributed by atoms with Crippen LogP contribution in [0, 0.1) is 5.82 Å². The van der Waals surface area contributed by atoms with E-state index in [1.807, 2.05) is 24.3 Å². The van der Waals surface area contributed by atoms with Crippen LogP contribution >= 0.6 is 39.5 Å². The maximum absolute atomic E-state index is 14.4. The Morgan fingerprint density at radius 2 is 1.68 bits per heavy atom. The van der Waals surface area contributed by atoms with E-state index in [-0.39, 0.29) is 23.6 Å². The monoisotopic (exact) mass is 656 g/mol. The highest BCUT2D eigenvalue weighted by molar-refractivity contribution is 9.09. The molecule has 1 unspecified atom stereocenters. The fourth-order valence-electron chi connectivity index (χ4n) is 3.93. The van der Waals surface area contributed by atoms with Gasteiger partial charge in [-0.2, -0.15) is 0 Å². The minimum atomic E-state index is -1.20. The largest absolute Gasteiger partial charge is 0.481 e. The van der Waals surface area contributed by atoms with Crippen molar-refractivity contribution in [2.75, 3.05) is 5.75 Å². The summed E-state index contributed by atoms with van der Waals surface area (Å²) in [6.45, 7) is 0. The van der Waals surface area contributed by atoms with Gasteiger partial charge in [0.25, 0.3) is 5.91 Å². The van der Waals surface area contributed by atoms with Gasteiger partial charge in [0.2, 0.25) is 0 Å². The highest BCUT2D eigenvalue weighted by Crippen LogP contribution is 2.32. The zero-order valence-corrected chi connectivity index (χ0v) is 24.9. The predicted octanol–water partition coefficient (Wildman–Crippen LogP) is 7.64. The van der Waals surface area contributed by atoms with Crippen molar-refractivity contribution in [3.8, 4) is 11.1 Å². The summed E-state index contributed by atoms with van der Waals surface area (Å²) in [6.07, 6.45) is 4.60. The van der Waals surface area contributed by atoms with Crippen molar-refractivity contribution in [2.45, 2.75) is 35.4 Å². The van der Waals surface area contributed by atoms with Crippen LogP contribution in [0.3, 0.4) is 0 Å². The number of hydrogen-bond acceptors (Lipinski definition) is 6. The van der Waals surface area contributed by atoms with Gasteiger partial charge < -0.3 is 15.5 Å². The standard InChI is InChI=1S/C30H26BrFN2O5S2/c31-27(29(38)39)23-14-11-21(17-24(23)32)33-30-34-28(37)25(41-30)16-18-5-7-19(8-6-18)20-9-12-22(13-10-20)40-15-3-1-2-4-26(35)36/h5-14,16-17,27H,1-4,15H2,(H,35,36)(H,38,39)(H,33,34,37)/b25-16-. The molecule has 1 aliphatic rings. The van der Waals surface area contributed by atoms with E-state index in [2.05, 4.69) is 50.5 Å². The summed E-state index contributed by atoms with van der Waals surface area (Å²) < 4.78 is 14.4. The Hall–Kier alpha value is -3.41. The van der Waals surface area contributed by atoms with Crippen LogP contribution < -0.4 is 5.32 Å². The van der Waals surface area contributed by atoms with Gasteiger partial charge in [0.05, 0.1) is 10.6 Å². The molecule has 1 atom stereocenters. The van der Waals surface area contributed by atoms with Gasteiger partial charge in [-0.15, -0.1) is 11.8 Å². The molecule has 3 aromatic carbocycles. The lowest BCUT2D eigenvalue weighted by Crippen LogP contribution is -2.19. The number of rotatable bonds is 12. The average molecular weight is 658 g/mol. The number of hydrogen-bond donors (Lipinski definition) is 3. The normalized spacial score (nSPS) is 15.7. The van der Waals surface area contributed by atoms with Crippen LogP contribution in [-0.4, -0.2) is 39.0 Å². The molecule has 0 aromatic heterocycles. The van der Waals surface area contributed by atoms with Gasteiger partial charge in [-0.1, -0.05) is 64.8 Å². The van der Waals surface area contributed by atoms with Crippen LogP contribution in [0.4, 0.5) is 10.1 Å². The molecule has 0 saturated carbocycles. The van der Waals surface area contributed by atoms with Crippen molar-refractivity contribution in [3.05, 3.63) is 88.6 Å². The molecule has 1 amide bonds. The fraction of sp³-hybridized carbons (Fsp3) is 0.200. The number of amides is 1. The van der Waals surface area contributed by atoms with Gasteiger partial charge in [-0.3, -0.25) is 14.4 Å². The zero-order chi connectivity index (χ0) is 29.4. The third-order valence-corrected chi connectivity index (χ3v) is 8.95. The van der Waals surface area contributed by atoms with Crippen molar-refractivity contribution in [2.24, 2.45) is 4.99 Å². The molecule has 0 radical (unpaired) electrons. The Morgan fingerprint density at radius 1 is 1.00 bits per heavy atom. The molecule has 3 aromatic rings. The lowest BCUT2D eigenvalue weighted by Gasteiger charge is -2.07. The minimum Gasteiger partial charge on any atom is -0.481 e. The number of carboxylic acid groups (broad SMARTS) is 2. The Bertz CT molecular complexity index is 1490. The number of carboxylic acids is 2. The summed E-state index contributed by atoms with van der Waals surface area (Å²) in [5.74, 6) is -2.01. The number of halogens is 2. The summed E-state index contributed by atoms with van der Waals surface area (Å²) in [5, 5.41) is 20.7. The van der Waals surface area contributed by atoms with Crippen LogP contribution in [-0.2, 0) is 14.4 Å². The number of carbonyl (C=O) groups excluding carboxylic acids is 1. The van der Waals surface area contributed by atoms with Gasteiger partial charge in [-0.25, -0.2) is 9.38 Å². The molecular formula is C30H26BrFN2O5S2. The van der Waals surface area contributed by atoms with Crippen LogP contribution in [0.15, 0.2) is 81.5 Å². The van der Waals surface area contributed by atoms with Crippen LogP contribution in [0.5, 0.6) is 0 Å². The van der Waals surface area contributed by atoms with Crippen molar-refractivity contribution >= 4 is 74.2 Å². The second-order valence-corrected chi connectivity index (χ2v) is 12.2. The van der Waals surface area contributed by atoms with Crippen LogP contribution in [0.2, 0.25) is 0 Å². The quantitative estimate of drug-likeness (QED) is 0.0794. The summed E-state index contributed by atoms with van der Waals surface area (Å²) in [5.41, 5.74) is 3.21. The zero-order valence-electron chi connectivity index (χ0n) is 21.7. The number of nitrogens with one attached hydrogen (secondary N) is 1. The predicted molar refractivity (Wildman–Crippen MR) is 165 cm³/mol. The first-order valence-electron chi connectivity index (χ1n) is 12.7. The maximum Gasteiger partial charge on any atom is 0.321 e. The van der Waals surface area contributed by atoms with Crippen LogP contribution in [0.1, 0.15) is 41.6 Å². The summed E-state index contributed by atoms with van der Waals surface area (Å²) >= 11 is 5.84. The Balaban J connectivity index is 1.34. The third kappa shape index (κ3) is 8.79. The molecule has 3 N–H and O–H groups in total. The molecule has 1 fully saturated rings. The molecule has 4 rings (SSSR count). The van der Waals surface area contributed by atoms with Gasteiger partial charge in [-0.05, 0) is 77.4 Å². The number of carbonyl (C=O) groups is 3. The van der Waals surface area contributed by atoms with Crippen molar-refractivity contribution < 1.29 is 29.0 Å². The van der Waals surface area contributed by atoms with E-state index in [0.29, 0.717) is 16.5 Å². The molecule has 11 heteroatoms. The highest BCUT2D eigenvalue weighted by Gasteiger charge is 2.24. The molecule has 212 valence electrons. The van der Waals surface area contributed by atoms with Gasteiger partial charge in [0, 0.05) is 16.9 Å². The Labute approximate surface area is 253 Å². The molecule has 41 heavy (non-hydrogen) atoms. The lowest BCUT2D eigenvalue weighted by atomic mass is 10.0. The molecule has 0 spiro atoms. The van der Waals surface area contributed by atoms with Crippen molar-refractivity contribution in [3.63, 3.8) is 0 Å². The molecular weight excluding hydrogens is 631 g/mol. The van der Waals surface area contributed by atoms with E-state index >= 15 is 0 Å². The number of alkyl halides is 1. The average Bonchev–Trinajstić information content (AvgIpc) is 3.28. The first-order valence-corrected chi connectivity index (χ1v) is 15.4. The topological polar surface area (TPSA) is 116 Å². The number of benzene rings is 3. The van der Waals surface area contributed by atoms with Gasteiger partial charge >= 0.3 is 11.9 Å². The highest BCUT2D eigenvalue weighted by atomic mass is 79.9. The van der Waals surface area contributed by atoms with E-state index in [9.17, 15) is 18.8 Å². The second kappa shape index (κ2) is 14.5. The fourth-order valence-corrected chi connectivity index (χ4v) is 6.06. The van der Waals surface area contributed by atoms with Crippen molar-refractivity contribution in [1.82, 2.24) is 5.32 Å². The first kappa shape index (κ1) is 30.5. The Morgan fingerprint density at radius 3 is 2.32 bits per heavy atom. The van der Waals surface area contributed by atoms with Crippen molar-refractivity contribution in [1.29, 1.82) is 0 Å². The number of aliphatic imine (C=N–C) groups is 1. The second-order valence-electron chi connectivity index (χ2n) is 9.09. The lowest BCUT2D eigenvalue weighted by molar-refractivity contribution is -0.137. The molecule has 0 bridgehead atoms. The SMILES string of the molecule is O=C(O)CCCCCSc1ccc(-c2ccc(/C=C3\SC(=Nc4ccc(C(Br)C(=O)O)c(F)c4)NC3=O)cc2)cc1.